The Kier molecular flexibility index (Phi) is 5.58. The topological polar surface area (TPSA) is 42.4 Å². The van der Waals surface area contributed by atoms with E-state index in [0.717, 1.165) is 53.6 Å². The van der Waals surface area contributed by atoms with Crippen LogP contribution in [-0.4, -0.2) is 35.0 Å². The monoisotopic (exact) mass is 410 g/mol. The summed E-state index contributed by atoms with van der Waals surface area (Å²) < 4.78 is 5.89. The van der Waals surface area contributed by atoms with Gasteiger partial charge in [-0.3, -0.25) is 9.78 Å². The Morgan fingerprint density at radius 3 is 2.61 bits per heavy atom. The molecule has 2 aliphatic heterocycles. The van der Waals surface area contributed by atoms with Crippen LogP contribution in [0.2, 0.25) is 0 Å². The molecule has 0 unspecified atom stereocenters. The summed E-state index contributed by atoms with van der Waals surface area (Å²) in [5.74, 6) is 7.98. The molecule has 3 aromatic rings. The Morgan fingerprint density at radius 1 is 0.968 bits per heavy atom. The third-order valence-corrected chi connectivity index (χ3v) is 6.42. The molecular formula is C27H26N2O2. The number of fused-ring (bicyclic) bond motifs is 4. The maximum absolute atomic E-state index is 12.4. The quantitative estimate of drug-likeness (QED) is 0.448. The van der Waals surface area contributed by atoms with E-state index in [1.54, 1.807) is 6.20 Å². The van der Waals surface area contributed by atoms with E-state index in [1.165, 1.54) is 12.8 Å². The van der Waals surface area contributed by atoms with Gasteiger partial charge in [0.25, 0.3) is 0 Å². The summed E-state index contributed by atoms with van der Waals surface area (Å²) in [6.07, 6.45) is 7.19. The second-order valence-corrected chi connectivity index (χ2v) is 8.39. The molecule has 1 saturated carbocycles. The van der Waals surface area contributed by atoms with E-state index in [-0.39, 0.29) is 5.92 Å². The van der Waals surface area contributed by atoms with E-state index in [2.05, 4.69) is 21.7 Å². The number of pyridine rings is 1. The van der Waals surface area contributed by atoms with Gasteiger partial charge in [0, 0.05) is 41.2 Å². The number of aromatic nitrogens is 1. The van der Waals surface area contributed by atoms with Crippen molar-refractivity contribution in [3.8, 4) is 17.6 Å². The summed E-state index contributed by atoms with van der Waals surface area (Å²) in [5, 5.41) is 1.07. The van der Waals surface area contributed by atoms with E-state index in [4.69, 9.17) is 4.74 Å². The average Bonchev–Trinajstić information content (AvgIpc) is 2.83. The molecule has 0 N–H and O–H groups in total. The third kappa shape index (κ3) is 4.27. The lowest BCUT2D eigenvalue weighted by molar-refractivity contribution is -0.147. The van der Waals surface area contributed by atoms with Crippen molar-refractivity contribution in [2.45, 2.75) is 38.1 Å². The number of carbonyl (C=O) groups excluding carboxylic acids is 1. The molecule has 3 heterocycles. The number of amides is 1. The fourth-order valence-corrected chi connectivity index (χ4v) is 4.75. The van der Waals surface area contributed by atoms with Crippen LogP contribution in [0.5, 0.6) is 5.75 Å². The summed E-state index contributed by atoms with van der Waals surface area (Å²) in [6, 6.07) is 18.3. The SMILES string of the molecule is O=C1C2CCC(CC2)N1CCCOc1ccc(C#Cc2cccc3ncccc23)cc1. The number of benzene rings is 2. The number of rotatable bonds is 5. The van der Waals surface area contributed by atoms with Crippen LogP contribution in [0.1, 0.15) is 43.2 Å². The Bertz CT molecular complexity index is 1130. The minimum Gasteiger partial charge on any atom is -0.494 e. The molecule has 1 aliphatic carbocycles. The van der Waals surface area contributed by atoms with Crippen LogP contribution in [0.15, 0.2) is 60.8 Å². The number of carbonyl (C=O) groups is 1. The Morgan fingerprint density at radius 2 is 1.81 bits per heavy atom. The van der Waals surface area contributed by atoms with Crippen LogP contribution < -0.4 is 4.74 Å². The first kappa shape index (κ1) is 19.6. The highest BCUT2D eigenvalue weighted by atomic mass is 16.5. The molecule has 31 heavy (non-hydrogen) atoms. The van der Waals surface area contributed by atoms with Gasteiger partial charge in [0.15, 0.2) is 0 Å². The first-order valence-electron chi connectivity index (χ1n) is 11.2. The molecule has 0 spiro atoms. The molecule has 156 valence electrons. The van der Waals surface area contributed by atoms with E-state index in [0.29, 0.717) is 18.6 Å². The van der Waals surface area contributed by atoms with Gasteiger partial charge in [0.1, 0.15) is 5.75 Å². The second-order valence-electron chi connectivity index (χ2n) is 8.39. The Hall–Kier alpha value is -3.32. The lowest BCUT2D eigenvalue weighted by atomic mass is 9.79. The van der Waals surface area contributed by atoms with Crippen molar-refractivity contribution in [3.05, 3.63) is 71.9 Å². The molecular weight excluding hydrogens is 384 g/mol. The fourth-order valence-electron chi connectivity index (χ4n) is 4.75. The minimum atomic E-state index is 0.282. The van der Waals surface area contributed by atoms with Gasteiger partial charge in [0.2, 0.25) is 5.91 Å². The van der Waals surface area contributed by atoms with Gasteiger partial charge >= 0.3 is 0 Å². The third-order valence-electron chi connectivity index (χ3n) is 6.42. The van der Waals surface area contributed by atoms with Crippen molar-refractivity contribution in [2.24, 2.45) is 5.92 Å². The highest BCUT2D eigenvalue weighted by Crippen LogP contribution is 2.35. The van der Waals surface area contributed by atoms with E-state index < -0.39 is 0 Å². The van der Waals surface area contributed by atoms with Crippen LogP contribution in [0.4, 0.5) is 0 Å². The van der Waals surface area contributed by atoms with Crippen molar-refractivity contribution in [1.29, 1.82) is 0 Å². The lowest BCUT2D eigenvalue weighted by Crippen LogP contribution is -2.52. The molecule has 4 nitrogen and oxygen atoms in total. The van der Waals surface area contributed by atoms with E-state index >= 15 is 0 Å². The summed E-state index contributed by atoms with van der Waals surface area (Å²) in [4.78, 5) is 18.9. The Labute approximate surface area is 183 Å². The summed E-state index contributed by atoms with van der Waals surface area (Å²) in [6.45, 7) is 1.43. The minimum absolute atomic E-state index is 0.282. The van der Waals surface area contributed by atoms with Gasteiger partial charge in [-0.1, -0.05) is 24.0 Å². The lowest BCUT2D eigenvalue weighted by Gasteiger charge is -2.44. The second kappa shape index (κ2) is 8.81. The van der Waals surface area contributed by atoms with E-state index in [1.807, 2.05) is 54.6 Å². The zero-order chi connectivity index (χ0) is 21.0. The van der Waals surface area contributed by atoms with Gasteiger partial charge in [0.05, 0.1) is 12.1 Å². The van der Waals surface area contributed by atoms with Crippen molar-refractivity contribution in [3.63, 3.8) is 0 Å². The first-order chi connectivity index (χ1) is 15.3. The standard InChI is InChI=1S/C27H26N2O2/c30-27-22-11-13-23(14-12-22)29(27)18-3-19-31-24-15-8-20(9-16-24)7-10-21-4-1-6-26-25(21)5-2-17-28-26/h1-2,4-6,8-9,15-17,22-23H,3,11-14,18-19H2. The van der Waals surface area contributed by atoms with Crippen LogP contribution in [0.3, 0.4) is 0 Å². The van der Waals surface area contributed by atoms with Gasteiger partial charge in [-0.15, -0.1) is 0 Å². The summed E-state index contributed by atoms with van der Waals surface area (Å²) in [7, 11) is 0. The number of hydrogen-bond donors (Lipinski definition) is 0. The highest BCUT2D eigenvalue weighted by Gasteiger charge is 2.39. The number of ether oxygens (including phenoxy) is 1. The molecule has 0 atom stereocenters. The molecule has 3 fully saturated rings. The molecule has 0 radical (unpaired) electrons. The molecule has 4 heteroatoms. The maximum Gasteiger partial charge on any atom is 0.225 e. The smallest absolute Gasteiger partial charge is 0.225 e. The molecule has 3 aliphatic rings. The van der Waals surface area contributed by atoms with Crippen LogP contribution >= 0.6 is 0 Å². The van der Waals surface area contributed by atoms with Gasteiger partial charge < -0.3 is 9.64 Å². The first-order valence-corrected chi connectivity index (χ1v) is 11.2. The number of piperidine rings is 2. The number of hydrogen-bond acceptors (Lipinski definition) is 3. The molecule has 2 bridgehead atoms. The predicted molar refractivity (Wildman–Crippen MR) is 122 cm³/mol. The highest BCUT2D eigenvalue weighted by molar-refractivity contribution is 5.85. The van der Waals surface area contributed by atoms with Gasteiger partial charge in [-0.25, -0.2) is 0 Å². The van der Waals surface area contributed by atoms with Gasteiger partial charge in [-0.2, -0.15) is 0 Å². The molecule has 6 rings (SSSR count). The largest absolute Gasteiger partial charge is 0.494 e. The predicted octanol–water partition coefficient (Wildman–Crippen LogP) is 4.80. The van der Waals surface area contributed by atoms with Crippen molar-refractivity contribution in [2.75, 3.05) is 13.2 Å². The number of nitrogens with zero attached hydrogens (tertiary/aromatic N) is 2. The average molecular weight is 411 g/mol. The van der Waals surface area contributed by atoms with Crippen molar-refractivity contribution in [1.82, 2.24) is 9.88 Å². The Balaban J connectivity index is 1.15. The zero-order valence-electron chi connectivity index (χ0n) is 17.6. The summed E-state index contributed by atoms with van der Waals surface area (Å²) >= 11 is 0. The summed E-state index contributed by atoms with van der Waals surface area (Å²) in [5.41, 5.74) is 2.88. The van der Waals surface area contributed by atoms with Crippen molar-refractivity contribution < 1.29 is 9.53 Å². The maximum atomic E-state index is 12.4. The molecule has 2 aromatic carbocycles. The molecule has 2 saturated heterocycles. The molecule has 1 amide bonds. The van der Waals surface area contributed by atoms with E-state index in [9.17, 15) is 4.79 Å². The zero-order valence-corrected chi connectivity index (χ0v) is 17.6. The van der Waals surface area contributed by atoms with Gasteiger partial charge in [-0.05, 0) is 74.6 Å². The van der Waals surface area contributed by atoms with Crippen molar-refractivity contribution >= 4 is 16.8 Å². The molecule has 1 aromatic heterocycles. The normalized spacial score (nSPS) is 19.9. The van der Waals surface area contributed by atoms with Crippen LogP contribution in [-0.2, 0) is 4.79 Å². The van der Waals surface area contributed by atoms with Crippen LogP contribution in [0, 0.1) is 17.8 Å². The van der Waals surface area contributed by atoms with Crippen LogP contribution in [0.25, 0.3) is 10.9 Å². The fraction of sp³-hybridized carbons (Fsp3) is 0.333.